The molecule has 7 nitrogen and oxygen atoms in total. The van der Waals surface area contributed by atoms with Gasteiger partial charge in [0.2, 0.25) is 0 Å². The van der Waals surface area contributed by atoms with E-state index >= 15 is 0 Å². The number of hydrogen-bond acceptors (Lipinski definition) is 9. The normalized spacial score (nSPS) is 44.7. The number of methoxy groups -OCH3 is 2. The van der Waals surface area contributed by atoms with Gasteiger partial charge in [-0.25, -0.2) is 15.9 Å². The van der Waals surface area contributed by atoms with E-state index in [1.54, 1.807) is 7.11 Å². The van der Waals surface area contributed by atoms with Gasteiger partial charge in [-0.2, -0.15) is 0 Å². The van der Waals surface area contributed by atoms with E-state index in [0.717, 1.165) is 24.5 Å². The fourth-order valence-corrected chi connectivity index (χ4v) is 7.10. The molecule has 2 aliphatic carbocycles. The molecule has 0 amide bonds. The second-order valence-corrected chi connectivity index (χ2v) is 10.2. The molecule has 4 aliphatic rings. The van der Waals surface area contributed by atoms with Crippen LogP contribution in [0.4, 0.5) is 0 Å². The Labute approximate surface area is 165 Å². The van der Waals surface area contributed by atoms with Gasteiger partial charge >= 0.3 is 0 Å². The number of ether oxygens (including phenoxy) is 2. The first-order valence-corrected chi connectivity index (χ1v) is 11.9. The molecule has 9 heteroatoms. The number of hydrazine groups is 2. The predicted molar refractivity (Wildman–Crippen MR) is 107 cm³/mol. The van der Waals surface area contributed by atoms with Crippen molar-refractivity contribution in [3.05, 3.63) is 0 Å². The zero-order valence-corrected chi connectivity index (χ0v) is 17.4. The Hall–Kier alpha value is 0.420. The summed E-state index contributed by atoms with van der Waals surface area (Å²) < 4.78 is 11.2. The minimum Gasteiger partial charge on any atom is -0.379 e. The van der Waals surface area contributed by atoms with Gasteiger partial charge in [0.1, 0.15) is 5.50 Å². The molecule has 0 aromatic carbocycles. The van der Waals surface area contributed by atoms with Gasteiger partial charge in [0.25, 0.3) is 0 Å². The third-order valence-electron chi connectivity index (χ3n) is 6.15. The molecule has 7 unspecified atom stereocenters. The standard InChI is InChI=1S/C17H33N5O2S2/c1-23-13-6-5-11(7-14(13)24-2)16-19-12(8-25-16)9-26-17-21-20-15(22(17)18)10-3-4-10/h10-17,19-21H,3-9,18H2,1-2H3. The highest BCUT2D eigenvalue weighted by atomic mass is 32.2. The van der Waals surface area contributed by atoms with Crippen molar-refractivity contribution >= 4 is 23.5 Å². The van der Waals surface area contributed by atoms with Crippen molar-refractivity contribution in [2.45, 2.75) is 67.4 Å². The predicted octanol–water partition coefficient (Wildman–Crippen LogP) is 0.884. The highest BCUT2D eigenvalue weighted by Gasteiger charge is 2.42. The molecule has 2 heterocycles. The van der Waals surface area contributed by atoms with Gasteiger partial charge < -0.3 is 14.8 Å². The average Bonchev–Trinajstić information content (AvgIpc) is 3.28. The molecule has 0 radical (unpaired) electrons. The second kappa shape index (κ2) is 8.84. The highest BCUT2D eigenvalue weighted by Crippen LogP contribution is 2.38. The molecular formula is C17H33N5O2S2. The van der Waals surface area contributed by atoms with Crippen molar-refractivity contribution < 1.29 is 9.47 Å². The first-order valence-electron chi connectivity index (χ1n) is 9.78. The molecule has 2 saturated carbocycles. The number of hydrogen-bond donors (Lipinski definition) is 4. The zero-order chi connectivity index (χ0) is 18.1. The van der Waals surface area contributed by atoms with E-state index in [0.29, 0.717) is 23.5 Å². The van der Waals surface area contributed by atoms with Crippen molar-refractivity contribution in [2.24, 2.45) is 17.7 Å². The lowest BCUT2D eigenvalue weighted by atomic mass is 9.84. The third-order valence-corrected chi connectivity index (χ3v) is 8.90. The van der Waals surface area contributed by atoms with Crippen LogP contribution in [-0.4, -0.2) is 66.0 Å². The van der Waals surface area contributed by atoms with E-state index in [9.17, 15) is 0 Å². The molecule has 0 aromatic rings. The summed E-state index contributed by atoms with van der Waals surface area (Å²) in [6.07, 6.45) is 6.78. The summed E-state index contributed by atoms with van der Waals surface area (Å²) >= 11 is 3.98. The molecule has 2 aliphatic heterocycles. The molecule has 0 spiro atoms. The minimum atomic E-state index is 0.168. The van der Waals surface area contributed by atoms with Crippen LogP contribution in [0.1, 0.15) is 32.1 Å². The Morgan fingerprint density at radius 2 is 1.85 bits per heavy atom. The van der Waals surface area contributed by atoms with E-state index in [1.165, 1.54) is 25.0 Å². The summed E-state index contributed by atoms with van der Waals surface area (Å²) in [6, 6.07) is 0.548. The SMILES string of the molecule is COC1CCC(C2NC(CSC3NNC(C4CC4)N3N)CS2)CC1OC. The van der Waals surface area contributed by atoms with Crippen molar-refractivity contribution in [2.75, 3.05) is 25.7 Å². The maximum atomic E-state index is 6.29. The van der Waals surface area contributed by atoms with Gasteiger partial charge in [0.05, 0.1) is 23.7 Å². The van der Waals surface area contributed by atoms with Gasteiger partial charge in [0, 0.05) is 31.8 Å². The number of thioether (sulfide) groups is 2. The van der Waals surface area contributed by atoms with E-state index in [2.05, 4.69) is 27.9 Å². The molecular weight excluding hydrogens is 370 g/mol. The Morgan fingerprint density at radius 3 is 2.58 bits per heavy atom. The van der Waals surface area contributed by atoms with E-state index in [4.69, 9.17) is 15.3 Å². The Morgan fingerprint density at radius 1 is 1.08 bits per heavy atom. The van der Waals surface area contributed by atoms with Crippen LogP contribution in [0.5, 0.6) is 0 Å². The maximum absolute atomic E-state index is 6.29. The summed E-state index contributed by atoms with van der Waals surface area (Å²) in [5, 5.41) is 6.37. The van der Waals surface area contributed by atoms with Crippen molar-refractivity contribution in [3.63, 3.8) is 0 Å². The van der Waals surface area contributed by atoms with Crippen LogP contribution in [0.15, 0.2) is 0 Å². The summed E-state index contributed by atoms with van der Waals surface area (Å²) in [4.78, 5) is 0. The van der Waals surface area contributed by atoms with Crippen molar-refractivity contribution in [1.29, 1.82) is 0 Å². The molecule has 150 valence electrons. The van der Waals surface area contributed by atoms with Gasteiger partial charge in [-0.05, 0) is 43.9 Å². The third kappa shape index (κ3) is 4.36. The minimum absolute atomic E-state index is 0.168. The summed E-state index contributed by atoms with van der Waals surface area (Å²) in [6.45, 7) is 0. The lowest BCUT2D eigenvalue weighted by molar-refractivity contribution is -0.0710. The van der Waals surface area contributed by atoms with Crippen LogP contribution in [0, 0.1) is 11.8 Å². The number of nitrogens with two attached hydrogens (primary N) is 1. The molecule has 2 saturated heterocycles. The number of rotatable bonds is 7. The van der Waals surface area contributed by atoms with Gasteiger partial charge in [0.15, 0.2) is 0 Å². The Kier molecular flexibility index (Phi) is 6.70. The quantitative estimate of drug-likeness (QED) is 0.463. The van der Waals surface area contributed by atoms with Crippen LogP contribution >= 0.6 is 23.5 Å². The lowest BCUT2D eigenvalue weighted by Gasteiger charge is -2.36. The lowest BCUT2D eigenvalue weighted by Crippen LogP contribution is -2.46. The average molecular weight is 404 g/mol. The molecule has 4 fully saturated rings. The first-order chi connectivity index (χ1) is 12.7. The largest absolute Gasteiger partial charge is 0.379 e. The van der Waals surface area contributed by atoms with Crippen LogP contribution in [0.2, 0.25) is 0 Å². The highest BCUT2D eigenvalue weighted by molar-refractivity contribution is 8.01. The fraction of sp³-hybridized carbons (Fsp3) is 1.00. The molecule has 7 atom stereocenters. The maximum Gasteiger partial charge on any atom is 0.135 e. The van der Waals surface area contributed by atoms with Gasteiger partial charge in [-0.1, -0.05) is 0 Å². The van der Waals surface area contributed by atoms with Gasteiger partial charge in [-0.3, -0.25) is 5.84 Å². The van der Waals surface area contributed by atoms with E-state index in [-0.39, 0.29) is 17.7 Å². The molecule has 0 aromatic heterocycles. The first kappa shape index (κ1) is 19.7. The summed E-state index contributed by atoms with van der Waals surface area (Å²) in [7, 11) is 3.61. The Bertz CT molecular complexity index is 472. The number of nitrogens with zero attached hydrogens (tertiary/aromatic N) is 1. The van der Waals surface area contributed by atoms with Crippen LogP contribution in [0.25, 0.3) is 0 Å². The smallest absolute Gasteiger partial charge is 0.135 e. The fourth-order valence-electron chi connectivity index (χ4n) is 4.40. The van der Waals surface area contributed by atoms with E-state index in [1.807, 2.05) is 23.9 Å². The summed E-state index contributed by atoms with van der Waals surface area (Å²) in [5.41, 5.74) is 6.87. The van der Waals surface area contributed by atoms with E-state index < -0.39 is 0 Å². The van der Waals surface area contributed by atoms with Crippen molar-refractivity contribution in [3.8, 4) is 0 Å². The van der Waals surface area contributed by atoms with Crippen LogP contribution in [-0.2, 0) is 9.47 Å². The molecule has 4 rings (SSSR count). The molecule has 0 bridgehead atoms. The van der Waals surface area contributed by atoms with Crippen LogP contribution in [0.3, 0.4) is 0 Å². The Balaban J connectivity index is 1.20. The summed E-state index contributed by atoms with van der Waals surface area (Å²) in [5.74, 6) is 9.93. The molecule has 26 heavy (non-hydrogen) atoms. The number of nitrogens with one attached hydrogen (secondary N) is 3. The van der Waals surface area contributed by atoms with Crippen LogP contribution < -0.4 is 22.0 Å². The van der Waals surface area contributed by atoms with Gasteiger partial charge in [-0.15, -0.1) is 23.5 Å². The second-order valence-electron chi connectivity index (χ2n) is 7.94. The van der Waals surface area contributed by atoms with Crippen molar-refractivity contribution in [1.82, 2.24) is 21.2 Å². The monoisotopic (exact) mass is 403 g/mol. The zero-order valence-electron chi connectivity index (χ0n) is 15.7. The molecule has 5 N–H and O–H groups in total. The topological polar surface area (TPSA) is 83.8 Å².